The van der Waals surface area contributed by atoms with Gasteiger partial charge in [-0.15, -0.1) is 0 Å². The molecule has 0 bridgehead atoms. The first-order chi connectivity index (χ1) is 4.33. The maximum atomic E-state index is 10.00. The minimum Gasteiger partial charge on any atom is -0.306 e. The van der Waals surface area contributed by atoms with E-state index in [1.165, 1.54) is 0 Å². The molecule has 1 saturated heterocycles. The molecule has 0 atom stereocenters. The number of hydrogen-bond acceptors (Lipinski definition) is 3. The molecule has 0 N–H and O–H groups in total. The van der Waals surface area contributed by atoms with Gasteiger partial charge >= 0.3 is 0 Å². The van der Waals surface area contributed by atoms with Crippen LogP contribution in [0.15, 0.2) is 5.18 Å². The van der Waals surface area contributed by atoms with Gasteiger partial charge in [-0.25, -0.2) is 0 Å². The van der Waals surface area contributed by atoms with E-state index < -0.39 is 0 Å². The summed E-state index contributed by atoms with van der Waals surface area (Å²) in [6, 6.07) is 0.0983. The van der Waals surface area contributed by atoms with Crippen molar-refractivity contribution >= 4 is 0 Å². The van der Waals surface area contributed by atoms with Crippen molar-refractivity contribution < 1.29 is 0 Å². The van der Waals surface area contributed by atoms with Crippen LogP contribution in [-0.2, 0) is 0 Å². The summed E-state index contributed by atoms with van der Waals surface area (Å²) >= 11 is 0. The number of hydrogen-bond donors (Lipinski definition) is 0. The van der Waals surface area contributed by atoms with Gasteiger partial charge in [-0.05, 0) is 33.0 Å². The zero-order valence-electron chi connectivity index (χ0n) is 5.71. The minimum absolute atomic E-state index is 0.0983. The number of rotatable bonds is 1. The molecule has 1 aliphatic heterocycles. The molecular formula is C6H12N2O. The lowest BCUT2D eigenvalue weighted by Gasteiger charge is -2.24. The molecule has 0 aliphatic carbocycles. The molecule has 0 unspecified atom stereocenters. The van der Waals surface area contributed by atoms with Crippen LogP contribution in [0, 0.1) is 4.91 Å². The van der Waals surface area contributed by atoms with E-state index in [2.05, 4.69) is 17.1 Å². The van der Waals surface area contributed by atoms with Crippen molar-refractivity contribution in [2.24, 2.45) is 5.18 Å². The van der Waals surface area contributed by atoms with Gasteiger partial charge in [0, 0.05) is 0 Å². The summed E-state index contributed by atoms with van der Waals surface area (Å²) in [7, 11) is 2.07. The summed E-state index contributed by atoms with van der Waals surface area (Å²) in [5.74, 6) is 0. The van der Waals surface area contributed by atoms with Crippen molar-refractivity contribution in [1.29, 1.82) is 0 Å². The van der Waals surface area contributed by atoms with Crippen LogP contribution in [0.3, 0.4) is 0 Å². The van der Waals surface area contributed by atoms with Gasteiger partial charge in [0.15, 0.2) is 0 Å². The molecule has 0 radical (unpaired) electrons. The Balaban J connectivity index is 2.26. The fourth-order valence-corrected chi connectivity index (χ4v) is 1.10. The zero-order chi connectivity index (χ0) is 6.69. The molecule has 3 nitrogen and oxygen atoms in total. The molecule has 0 amide bonds. The molecule has 1 rings (SSSR count). The maximum Gasteiger partial charge on any atom is 0.0944 e. The van der Waals surface area contributed by atoms with Crippen molar-refractivity contribution in [3.8, 4) is 0 Å². The molecule has 52 valence electrons. The third kappa shape index (κ3) is 1.75. The second kappa shape index (κ2) is 2.92. The molecule has 3 heteroatoms. The quantitative estimate of drug-likeness (QED) is 0.490. The van der Waals surface area contributed by atoms with Gasteiger partial charge in [0.2, 0.25) is 0 Å². The molecule has 1 aliphatic rings. The Labute approximate surface area is 55.0 Å². The SMILES string of the molecule is CN1CCC(N=O)CC1. The average molecular weight is 128 g/mol. The molecule has 0 spiro atoms. The molecule has 0 aromatic carbocycles. The van der Waals surface area contributed by atoms with E-state index >= 15 is 0 Å². The normalized spacial score (nSPS) is 24.1. The first kappa shape index (κ1) is 6.68. The fraction of sp³-hybridized carbons (Fsp3) is 1.00. The lowest BCUT2D eigenvalue weighted by Crippen LogP contribution is -2.31. The molecule has 0 aromatic rings. The van der Waals surface area contributed by atoms with Crippen LogP contribution in [0.1, 0.15) is 12.8 Å². The summed E-state index contributed by atoms with van der Waals surface area (Å²) in [6.45, 7) is 2.05. The minimum atomic E-state index is 0.0983. The summed E-state index contributed by atoms with van der Waals surface area (Å²) in [4.78, 5) is 12.2. The van der Waals surface area contributed by atoms with Crippen molar-refractivity contribution in [3.05, 3.63) is 4.91 Å². The van der Waals surface area contributed by atoms with Gasteiger partial charge in [0.25, 0.3) is 0 Å². The largest absolute Gasteiger partial charge is 0.306 e. The first-order valence-electron chi connectivity index (χ1n) is 3.34. The second-order valence-corrected chi connectivity index (χ2v) is 2.64. The Morgan fingerprint density at radius 1 is 1.44 bits per heavy atom. The van der Waals surface area contributed by atoms with Crippen LogP contribution < -0.4 is 0 Å². The Morgan fingerprint density at radius 3 is 2.44 bits per heavy atom. The van der Waals surface area contributed by atoms with Crippen LogP contribution >= 0.6 is 0 Å². The molecule has 1 heterocycles. The fourth-order valence-electron chi connectivity index (χ4n) is 1.10. The van der Waals surface area contributed by atoms with Crippen molar-refractivity contribution in [2.75, 3.05) is 20.1 Å². The van der Waals surface area contributed by atoms with Gasteiger partial charge in [-0.1, -0.05) is 5.18 Å². The van der Waals surface area contributed by atoms with E-state index in [1.54, 1.807) is 0 Å². The van der Waals surface area contributed by atoms with Gasteiger partial charge in [0.1, 0.15) is 0 Å². The number of piperidine rings is 1. The zero-order valence-corrected chi connectivity index (χ0v) is 5.71. The number of likely N-dealkylation sites (tertiary alicyclic amines) is 1. The smallest absolute Gasteiger partial charge is 0.0944 e. The highest BCUT2D eigenvalue weighted by Crippen LogP contribution is 2.10. The van der Waals surface area contributed by atoms with Crippen LogP contribution in [0.4, 0.5) is 0 Å². The molecule has 1 fully saturated rings. The van der Waals surface area contributed by atoms with E-state index in [4.69, 9.17) is 0 Å². The average Bonchev–Trinajstić information content (AvgIpc) is 1.90. The summed E-state index contributed by atoms with van der Waals surface area (Å²) in [6.07, 6.45) is 1.89. The van der Waals surface area contributed by atoms with E-state index in [9.17, 15) is 4.91 Å². The van der Waals surface area contributed by atoms with Gasteiger partial charge in [-0.2, -0.15) is 4.91 Å². The number of nitroso groups, excluding NO2 is 1. The monoisotopic (exact) mass is 128 g/mol. The summed E-state index contributed by atoms with van der Waals surface area (Å²) in [5, 5.41) is 3.01. The van der Waals surface area contributed by atoms with Crippen LogP contribution in [0.25, 0.3) is 0 Å². The Hall–Kier alpha value is -0.440. The van der Waals surface area contributed by atoms with Gasteiger partial charge < -0.3 is 4.90 Å². The Bertz CT molecular complexity index is 97.2. The summed E-state index contributed by atoms with van der Waals surface area (Å²) in [5.41, 5.74) is 0. The predicted octanol–water partition coefficient (Wildman–Crippen LogP) is 0.847. The maximum absolute atomic E-state index is 10.00. The van der Waals surface area contributed by atoms with Crippen molar-refractivity contribution in [1.82, 2.24) is 4.90 Å². The highest BCUT2D eigenvalue weighted by molar-refractivity contribution is 4.73. The Morgan fingerprint density at radius 2 is 2.00 bits per heavy atom. The van der Waals surface area contributed by atoms with Gasteiger partial charge in [-0.3, -0.25) is 0 Å². The first-order valence-corrected chi connectivity index (χ1v) is 3.34. The highest BCUT2D eigenvalue weighted by atomic mass is 16.3. The summed E-state index contributed by atoms with van der Waals surface area (Å²) < 4.78 is 0. The number of nitrogens with zero attached hydrogens (tertiary/aromatic N) is 2. The Kier molecular flexibility index (Phi) is 2.16. The molecular weight excluding hydrogens is 116 g/mol. The van der Waals surface area contributed by atoms with Gasteiger partial charge in [0.05, 0.1) is 6.04 Å². The van der Waals surface area contributed by atoms with E-state index in [0.717, 1.165) is 25.9 Å². The lowest BCUT2D eigenvalue weighted by atomic mass is 10.1. The molecule has 0 aromatic heterocycles. The standard InChI is InChI=1S/C6H12N2O/c1-8-4-2-6(7-9)3-5-8/h6H,2-5H2,1H3. The predicted molar refractivity (Wildman–Crippen MR) is 36.3 cm³/mol. The third-order valence-corrected chi connectivity index (χ3v) is 1.84. The van der Waals surface area contributed by atoms with E-state index in [-0.39, 0.29) is 6.04 Å². The third-order valence-electron chi connectivity index (χ3n) is 1.84. The topological polar surface area (TPSA) is 32.7 Å². The van der Waals surface area contributed by atoms with E-state index in [1.807, 2.05) is 0 Å². The second-order valence-electron chi connectivity index (χ2n) is 2.64. The molecule has 0 saturated carbocycles. The lowest BCUT2D eigenvalue weighted by molar-refractivity contribution is 0.256. The van der Waals surface area contributed by atoms with Crippen LogP contribution in [-0.4, -0.2) is 31.1 Å². The molecule has 9 heavy (non-hydrogen) atoms. The van der Waals surface area contributed by atoms with Crippen molar-refractivity contribution in [3.63, 3.8) is 0 Å². The highest BCUT2D eigenvalue weighted by Gasteiger charge is 2.15. The van der Waals surface area contributed by atoms with Crippen LogP contribution in [0.2, 0.25) is 0 Å². The van der Waals surface area contributed by atoms with E-state index in [0.29, 0.717) is 0 Å². The van der Waals surface area contributed by atoms with Crippen molar-refractivity contribution in [2.45, 2.75) is 18.9 Å². The van der Waals surface area contributed by atoms with Crippen LogP contribution in [0.5, 0.6) is 0 Å².